The first kappa shape index (κ1) is 17.9. The Kier molecular flexibility index (Phi) is 4.62. The Morgan fingerprint density at radius 3 is 2.29 bits per heavy atom. The number of hydrogen-bond donors (Lipinski definition) is 2. The summed E-state index contributed by atoms with van der Waals surface area (Å²) < 4.78 is 27.3. The summed E-state index contributed by atoms with van der Waals surface area (Å²) in [6.45, 7) is 1.90. The van der Waals surface area contributed by atoms with Gasteiger partial charge in [0.2, 0.25) is 0 Å². The number of rotatable bonds is 5. The van der Waals surface area contributed by atoms with E-state index in [9.17, 15) is 8.42 Å². The molecule has 0 spiro atoms. The molecule has 0 unspecified atom stereocenters. The van der Waals surface area contributed by atoms with Gasteiger partial charge in [0, 0.05) is 11.6 Å². The number of pyridine rings is 1. The lowest BCUT2D eigenvalue weighted by atomic mass is 10.2. The summed E-state index contributed by atoms with van der Waals surface area (Å²) in [5.41, 5.74) is 2.59. The monoisotopic (exact) mass is 391 g/mol. The second-order valence-electron chi connectivity index (χ2n) is 6.23. The number of fused-ring (bicyclic) bond motifs is 1. The van der Waals surface area contributed by atoms with Gasteiger partial charge < -0.3 is 5.32 Å². The van der Waals surface area contributed by atoms with Crippen LogP contribution in [0.15, 0.2) is 77.8 Å². The maximum atomic E-state index is 12.4. The fourth-order valence-corrected chi connectivity index (χ4v) is 3.71. The third-order valence-electron chi connectivity index (χ3n) is 4.13. The summed E-state index contributed by atoms with van der Waals surface area (Å²) in [6.07, 6.45) is 1.72. The lowest BCUT2D eigenvalue weighted by Crippen LogP contribution is -2.14. The Morgan fingerprint density at radius 2 is 1.54 bits per heavy atom. The summed E-state index contributed by atoms with van der Waals surface area (Å²) in [4.78, 5) is 4.55. The van der Waals surface area contributed by atoms with Crippen LogP contribution in [0.2, 0.25) is 0 Å². The third-order valence-corrected chi connectivity index (χ3v) is 5.50. The fraction of sp³-hybridized carbons (Fsp3) is 0.0500. The van der Waals surface area contributed by atoms with E-state index in [1.54, 1.807) is 42.6 Å². The molecule has 0 fully saturated rings. The summed E-state index contributed by atoms with van der Waals surface area (Å²) >= 11 is 0. The molecule has 28 heavy (non-hydrogen) atoms. The van der Waals surface area contributed by atoms with Crippen molar-refractivity contribution in [2.45, 2.75) is 11.8 Å². The Hall–Kier alpha value is -3.52. The average Bonchev–Trinajstić information content (AvgIpc) is 2.70. The number of aryl methyl sites for hydroxylation is 1. The van der Waals surface area contributed by atoms with Gasteiger partial charge in [0.1, 0.15) is 0 Å². The summed E-state index contributed by atoms with van der Waals surface area (Å²) in [5, 5.41) is 12.2. The molecule has 2 N–H and O–H groups in total. The SMILES string of the molecule is Cc1ccc(S(=O)(=O)Nc2ccc(Nc3cccc4cccnc34)nn2)cc1. The Balaban J connectivity index is 1.53. The highest BCUT2D eigenvalue weighted by Gasteiger charge is 2.15. The molecular weight excluding hydrogens is 374 g/mol. The zero-order valence-electron chi connectivity index (χ0n) is 15.0. The van der Waals surface area contributed by atoms with Crippen molar-refractivity contribution < 1.29 is 8.42 Å². The van der Waals surface area contributed by atoms with Crippen LogP contribution in [0.3, 0.4) is 0 Å². The first-order chi connectivity index (χ1) is 13.5. The number of aromatic nitrogens is 3. The Bertz CT molecular complexity index is 1220. The van der Waals surface area contributed by atoms with E-state index in [0.29, 0.717) is 5.82 Å². The van der Waals surface area contributed by atoms with E-state index >= 15 is 0 Å². The molecule has 0 radical (unpaired) electrons. The molecule has 140 valence electrons. The predicted octanol–water partition coefficient (Wildman–Crippen LogP) is 3.88. The van der Waals surface area contributed by atoms with Crippen molar-refractivity contribution in [3.05, 3.63) is 78.5 Å². The number of para-hydroxylation sites is 1. The van der Waals surface area contributed by atoms with E-state index < -0.39 is 10.0 Å². The normalized spacial score (nSPS) is 11.3. The minimum atomic E-state index is -3.71. The molecule has 7 nitrogen and oxygen atoms in total. The molecule has 0 saturated carbocycles. The van der Waals surface area contributed by atoms with E-state index in [-0.39, 0.29) is 10.7 Å². The van der Waals surface area contributed by atoms with Crippen LogP contribution in [0.5, 0.6) is 0 Å². The van der Waals surface area contributed by atoms with Crippen molar-refractivity contribution in [2.75, 3.05) is 10.0 Å². The van der Waals surface area contributed by atoms with Gasteiger partial charge in [-0.15, -0.1) is 10.2 Å². The van der Waals surface area contributed by atoms with Gasteiger partial charge >= 0.3 is 0 Å². The van der Waals surface area contributed by atoms with Gasteiger partial charge in [-0.2, -0.15) is 0 Å². The van der Waals surface area contributed by atoms with Crippen LogP contribution in [-0.4, -0.2) is 23.6 Å². The molecule has 4 rings (SSSR count). The maximum absolute atomic E-state index is 12.4. The van der Waals surface area contributed by atoms with E-state index in [0.717, 1.165) is 22.2 Å². The summed E-state index contributed by atoms with van der Waals surface area (Å²) in [5.74, 6) is 0.624. The van der Waals surface area contributed by atoms with E-state index in [2.05, 4.69) is 25.2 Å². The highest BCUT2D eigenvalue weighted by molar-refractivity contribution is 7.92. The number of sulfonamides is 1. The second kappa shape index (κ2) is 7.24. The molecule has 0 aliphatic carbocycles. The van der Waals surface area contributed by atoms with Crippen molar-refractivity contribution in [1.82, 2.24) is 15.2 Å². The van der Waals surface area contributed by atoms with Crippen molar-refractivity contribution in [3.8, 4) is 0 Å². The number of nitrogens with zero attached hydrogens (tertiary/aromatic N) is 3. The highest BCUT2D eigenvalue weighted by atomic mass is 32.2. The third kappa shape index (κ3) is 3.77. The van der Waals surface area contributed by atoms with E-state index in [1.165, 1.54) is 0 Å². The second-order valence-corrected chi connectivity index (χ2v) is 7.91. The minimum absolute atomic E-state index is 0.141. The summed E-state index contributed by atoms with van der Waals surface area (Å²) in [6, 6.07) is 19.4. The van der Waals surface area contributed by atoms with Crippen LogP contribution in [0.25, 0.3) is 10.9 Å². The van der Waals surface area contributed by atoms with Gasteiger partial charge in [-0.05, 0) is 43.3 Å². The molecule has 0 amide bonds. The largest absolute Gasteiger partial charge is 0.337 e. The van der Waals surface area contributed by atoms with Gasteiger partial charge in [-0.3, -0.25) is 9.71 Å². The lowest BCUT2D eigenvalue weighted by Gasteiger charge is -2.09. The maximum Gasteiger partial charge on any atom is 0.263 e. The van der Waals surface area contributed by atoms with Crippen LogP contribution in [0.1, 0.15) is 5.56 Å². The molecule has 8 heteroatoms. The van der Waals surface area contributed by atoms with Gasteiger partial charge in [0.25, 0.3) is 10.0 Å². The quantitative estimate of drug-likeness (QED) is 0.536. The molecule has 0 saturated heterocycles. The average molecular weight is 391 g/mol. The number of hydrogen-bond acceptors (Lipinski definition) is 6. The standard InChI is InChI=1S/C20H17N5O2S/c1-14-7-9-16(10-8-14)28(26,27)25-19-12-11-18(23-24-19)22-17-6-2-4-15-5-3-13-21-20(15)17/h2-13H,1H3,(H,22,23)(H,24,25). The molecular formula is C20H17N5O2S. The number of nitrogens with one attached hydrogen (secondary N) is 2. The Morgan fingerprint density at radius 1 is 0.821 bits per heavy atom. The van der Waals surface area contributed by atoms with Crippen molar-refractivity contribution in [2.24, 2.45) is 0 Å². The van der Waals surface area contributed by atoms with Gasteiger partial charge in [-0.25, -0.2) is 8.42 Å². The fourth-order valence-electron chi connectivity index (χ4n) is 2.71. The van der Waals surface area contributed by atoms with Crippen LogP contribution >= 0.6 is 0 Å². The summed E-state index contributed by atoms with van der Waals surface area (Å²) in [7, 11) is -3.71. The molecule has 0 atom stereocenters. The molecule has 2 aromatic heterocycles. The van der Waals surface area contributed by atoms with Crippen LogP contribution in [0.4, 0.5) is 17.3 Å². The molecule has 2 aromatic carbocycles. The number of anilines is 3. The first-order valence-electron chi connectivity index (χ1n) is 8.55. The van der Waals surface area contributed by atoms with Crippen LogP contribution < -0.4 is 10.0 Å². The molecule has 0 aliphatic heterocycles. The van der Waals surface area contributed by atoms with E-state index in [4.69, 9.17) is 0 Å². The number of benzene rings is 2. The van der Waals surface area contributed by atoms with Gasteiger partial charge in [0.15, 0.2) is 11.6 Å². The van der Waals surface area contributed by atoms with Crippen LogP contribution in [0, 0.1) is 6.92 Å². The zero-order chi connectivity index (χ0) is 19.6. The van der Waals surface area contributed by atoms with Crippen molar-refractivity contribution in [1.29, 1.82) is 0 Å². The zero-order valence-corrected chi connectivity index (χ0v) is 15.8. The molecule has 4 aromatic rings. The highest BCUT2D eigenvalue weighted by Crippen LogP contribution is 2.24. The van der Waals surface area contributed by atoms with E-state index in [1.807, 2.05) is 37.3 Å². The van der Waals surface area contributed by atoms with Crippen molar-refractivity contribution >= 4 is 38.2 Å². The predicted molar refractivity (Wildman–Crippen MR) is 109 cm³/mol. The van der Waals surface area contributed by atoms with Crippen molar-refractivity contribution in [3.63, 3.8) is 0 Å². The smallest absolute Gasteiger partial charge is 0.263 e. The van der Waals surface area contributed by atoms with Gasteiger partial charge in [-0.1, -0.05) is 35.9 Å². The topological polar surface area (TPSA) is 96.9 Å². The lowest BCUT2D eigenvalue weighted by molar-refractivity contribution is 0.601. The Labute approximate surface area is 162 Å². The minimum Gasteiger partial charge on any atom is -0.337 e. The molecule has 0 bridgehead atoms. The first-order valence-corrected chi connectivity index (χ1v) is 10.0. The van der Waals surface area contributed by atoms with Gasteiger partial charge in [0.05, 0.1) is 16.1 Å². The molecule has 0 aliphatic rings. The van der Waals surface area contributed by atoms with Crippen LogP contribution in [-0.2, 0) is 10.0 Å². The molecule has 2 heterocycles.